The average molecular weight is 1200 g/mol. The molecule has 0 bridgehead atoms. The van der Waals surface area contributed by atoms with Crippen LogP contribution < -0.4 is 0 Å². The van der Waals surface area contributed by atoms with E-state index in [9.17, 15) is 43.2 Å². The first-order valence-electron chi connectivity index (χ1n) is 32.2. The molecular formula is C62H120O17P2. The number of hydrogen-bond donors (Lipinski definition) is 3. The number of esters is 4. The third kappa shape index (κ3) is 55.7. The number of hydrogen-bond acceptors (Lipinski definition) is 15. The van der Waals surface area contributed by atoms with Gasteiger partial charge in [0.25, 0.3) is 0 Å². The molecule has 0 aromatic carbocycles. The zero-order valence-corrected chi connectivity index (χ0v) is 54.2. The van der Waals surface area contributed by atoms with E-state index in [2.05, 4.69) is 55.4 Å². The summed E-state index contributed by atoms with van der Waals surface area (Å²) in [5.74, 6) is 0.701. The average Bonchev–Trinajstić information content (AvgIpc) is 3.41. The topological polar surface area (TPSA) is 237 Å². The van der Waals surface area contributed by atoms with Crippen LogP contribution in [0.5, 0.6) is 0 Å². The number of rotatable bonds is 59. The van der Waals surface area contributed by atoms with Crippen LogP contribution >= 0.6 is 15.6 Å². The van der Waals surface area contributed by atoms with Crippen molar-refractivity contribution in [3.05, 3.63) is 0 Å². The first-order chi connectivity index (χ1) is 38.6. The molecule has 6 atom stereocenters. The number of unbranched alkanes of at least 4 members (excludes halogenated alkanes) is 24. The van der Waals surface area contributed by atoms with Crippen molar-refractivity contribution in [1.29, 1.82) is 0 Å². The Labute approximate surface area is 492 Å². The molecule has 0 aliphatic rings. The van der Waals surface area contributed by atoms with Crippen molar-refractivity contribution >= 4 is 39.5 Å². The second kappa shape index (κ2) is 52.4. The van der Waals surface area contributed by atoms with Gasteiger partial charge in [0.05, 0.1) is 26.4 Å². The zero-order chi connectivity index (χ0) is 60.4. The highest BCUT2D eigenvalue weighted by atomic mass is 31.2. The lowest BCUT2D eigenvalue weighted by atomic mass is 10.00. The van der Waals surface area contributed by atoms with Gasteiger partial charge in [-0.2, -0.15) is 0 Å². The van der Waals surface area contributed by atoms with E-state index in [4.69, 9.17) is 37.0 Å². The molecule has 0 saturated heterocycles. The van der Waals surface area contributed by atoms with E-state index >= 15 is 0 Å². The Morgan fingerprint density at radius 3 is 0.877 bits per heavy atom. The summed E-state index contributed by atoms with van der Waals surface area (Å²) in [7, 11) is -9.88. The highest BCUT2D eigenvalue weighted by molar-refractivity contribution is 7.47. The van der Waals surface area contributed by atoms with Crippen molar-refractivity contribution in [2.24, 2.45) is 23.7 Å². The molecule has 480 valence electrons. The lowest BCUT2D eigenvalue weighted by Crippen LogP contribution is -2.30. The Bertz CT molecular complexity index is 1630. The van der Waals surface area contributed by atoms with E-state index < -0.39 is 97.5 Å². The maximum Gasteiger partial charge on any atom is 0.472 e. The van der Waals surface area contributed by atoms with Gasteiger partial charge in [0.1, 0.15) is 19.3 Å². The fourth-order valence-corrected chi connectivity index (χ4v) is 10.6. The number of aliphatic hydroxyl groups excluding tert-OH is 1. The summed E-state index contributed by atoms with van der Waals surface area (Å²) in [5.41, 5.74) is 0. The fourth-order valence-electron chi connectivity index (χ4n) is 9.04. The maximum atomic E-state index is 12.9. The molecule has 3 N–H and O–H groups in total. The van der Waals surface area contributed by atoms with Crippen LogP contribution in [0.2, 0.25) is 0 Å². The molecule has 0 aromatic rings. The van der Waals surface area contributed by atoms with Crippen LogP contribution in [0.4, 0.5) is 0 Å². The number of carbonyl (C=O) groups is 4. The van der Waals surface area contributed by atoms with Gasteiger partial charge in [-0.3, -0.25) is 37.3 Å². The van der Waals surface area contributed by atoms with Crippen molar-refractivity contribution in [2.75, 3.05) is 39.6 Å². The molecule has 0 aromatic heterocycles. The van der Waals surface area contributed by atoms with Crippen LogP contribution in [0, 0.1) is 23.7 Å². The first-order valence-corrected chi connectivity index (χ1v) is 35.2. The number of ether oxygens (including phenoxy) is 4. The highest BCUT2D eigenvalue weighted by Crippen LogP contribution is 2.45. The summed E-state index contributed by atoms with van der Waals surface area (Å²) in [5, 5.41) is 10.5. The zero-order valence-electron chi connectivity index (χ0n) is 52.4. The lowest BCUT2D eigenvalue weighted by molar-refractivity contribution is -0.161. The normalized spacial score (nSPS) is 14.8. The second-order valence-corrected chi connectivity index (χ2v) is 27.0. The van der Waals surface area contributed by atoms with E-state index in [1.165, 1.54) is 89.9 Å². The predicted molar refractivity (Wildman–Crippen MR) is 321 cm³/mol. The molecule has 0 fully saturated rings. The van der Waals surface area contributed by atoms with Gasteiger partial charge in [0.15, 0.2) is 12.2 Å². The summed E-state index contributed by atoms with van der Waals surface area (Å²) in [6.07, 6.45) is 31.0. The van der Waals surface area contributed by atoms with Crippen LogP contribution in [0.1, 0.15) is 293 Å². The van der Waals surface area contributed by atoms with Gasteiger partial charge in [-0.05, 0) is 49.4 Å². The Morgan fingerprint density at radius 2 is 0.593 bits per heavy atom. The van der Waals surface area contributed by atoms with Gasteiger partial charge in [0.2, 0.25) is 0 Å². The van der Waals surface area contributed by atoms with E-state index in [-0.39, 0.29) is 25.7 Å². The summed E-state index contributed by atoms with van der Waals surface area (Å²) in [6, 6.07) is 0. The molecule has 0 spiro atoms. The smallest absolute Gasteiger partial charge is 0.462 e. The molecule has 0 amide bonds. The number of phosphoric ester groups is 2. The third-order valence-electron chi connectivity index (χ3n) is 14.4. The van der Waals surface area contributed by atoms with Crippen molar-refractivity contribution in [3.8, 4) is 0 Å². The molecule has 0 heterocycles. The van der Waals surface area contributed by atoms with Crippen LogP contribution in [0.15, 0.2) is 0 Å². The van der Waals surface area contributed by atoms with Gasteiger partial charge in [-0.1, -0.05) is 242 Å². The molecule has 17 nitrogen and oxygen atoms in total. The molecule has 0 aliphatic heterocycles. The van der Waals surface area contributed by atoms with Crippen LogP contribution in [0.3, 0.4) is 0 Å². The third-order valence-corrected chi connectivity index (χ3v) is 16.3. The second-order valence-electron chi connectivity index (χ2n) is 24.1. The Kier molecular flexibility index (Phi) is 51.1. The molecule has 81 heavy (non-hydrogen) atoms. The number of aliphatic hydroxyl groups is 1. The van der Waals surface area contributed by atoms with Crippen molar-refractivity contribution in [1.82, 2.24) is 0 Å². The van der Waals surface area contributed by atoms with Crippen LogP contribution in [-0.2, 0) is 65.4 Å². The summed E-state index contributed by atoms with van der Waals surface area (Å²) in [6.45, 7) is 13.9. The van der Waals surface area contributed by atoms with Gasteiger partial charge in [-0.15, -0.1) is 0 Å². The van der Waals surface area contributed by atoms with Crippen molar-refractivity contribution in [3.63, 3.8) is 0 Å². The monoisotopic (exact) mass is 1200 g/mol. The van der Waals surface area contributed by atoms with Gasteiger partial charge in [-0.25, -0.2) is 9.13 Å². The minimum Gasteiger partial charge on any atom is -0.462 e. The Morgan fingerprint density at radius 1 is 0.346 bits per heavy atom. The van der Waals surface area contributed by atoms with E-state index in [0.29, 0.717) is 37.5 Å². The van der Waals surface area contributed by atoms with Crippen molar-refractivity contribution < 1.29 is 80.2 Å². The minimum absolute atomic E-state index is 0.101. The SMILES string of the molecule is CCC(C)CCCCCCCCC(=O)O[C@H](COC(=O)CCCCCCCCCC(C)C)COP(=O)(O)OCC(O)COP(=O)(O)OC[C@@H](COC(=O)CCCCCCCCCCC(C)C)OC(=O)CCCCCCCCCC(C)C. The molecule has 19 heteroatoms. The van der Waals surface area contributed by atoms with Gasteiger partial charge in [0, 0.05) is 25.7 Å². The predicted octanol–water partition coefficient (Wildman–Crippen LogP) is 16.6. The fraction of sp³-hybridized carbons (Fsp3) is 0.935. The first kappa shape index (κ1) is 79.1. The van der Waals surface area contributed by atoms with Crippen LogP contribution in [-0.4, -0.2) is 96.7 Å². The molecule has 0 saturated carbocycles. The summed E-state index contributed by atoms with van der Waals surface area (Å²) < 4.78 is 67.9. The molecule has 0 rings (SSSR count). The van der Waals surface area contributed by atoms with Gasteiger partial charge >= 0.3 is 39.5 Å². The Hall–Kier alpha value is -1.94. The van der Waals surface area contributed by atoms with Gasteiger partial charge < -0.3 is 33.8 Å². The summed E-state index contributed by atoms with van der Waals surface area (Å²) in [4.78, 5) is 72.1. The summed E-state index contributed by atoms with van der Waals surface area (Å²) >= 11 is 0. The largest absolute Gasteiger partial charge is 0.472 e. The van der Waals surface area contributed by atoms with Crippen LogP contribution in [0.25, 0.3) is 0 Å². The standard InChI is InChI=1S/C62H120O17P2/c1-9-55(8)41-33-25-20-21-29-37-45-62(67)79-58(49-73-60(65)43-35-27-18-12-15-23-31-39-53(4)5)51-77-81(70,71)75-47-56(63)46-74-80(68,69)76-50-57(78-61(66)44-36-28-19-13-16-24-32-40-54(6)7)48-72-59(64)42-34-26-17-11-10-14-22-30-38-52(2)3/h52-58,63H,9-51H2,1-8H3,(H,68,69)(H,70,71)/t55?,56?,57-,58-/m1/s1. The van der Waals surface area contributed by atoms with E-state index in [0.717, 1.165) is 108 Å². The van der Waals surface area contributed by atoms with E-state index in [1.54, 1.807) is 0 Å². The maximum absolute atomic E-state index is 12.9. The molecule has 0 aliphatic carbocycles. The molecule has 4 unspecified atom stereocenters. The number of phosphoric acid groups is 2. The quantitative estimate of drug-likeness (QED) is 0.0222. The minimum atomic E-state index is -4.94. The highest BCUT2D eigenvalue weighted by Gasteiger charge is 2.30. The van der Waals surface area contributed by atoms with E-state index in [1.807, 2.05) is 0 Å². The molecular weight excluding hydrogens is 1080 g/mol. The number of carbonyl (C=O) groups excluding carboxylic acids is 4. The Balaban J connectivity index is 5.25. The van der Waals surface area contributed by atoms with Crippen molar-refractivity contribution in [2.45, 2.75) is 311 Å². The lowest BCUT2D eigenvalue weighted by Gasteiger charge is -2.21. The molecule has 0 radical (unpaired) electrons.